The van der Waals surface area contributed by atoms with Crippen LogP contribution in [0.15, 0.2) is 29.3 Å². The van der Waals surface area contributed by atoms with Crippen LogP contribution in [0.5, 0.6) is 0 Å². The fraction of sp³-hybridized carbons (Fsp3) is 0.636. The summed E-state index contributed by atoms with van der Waals surface area (Å²) in [4.78, 5) is 21.3. The number of nitrogens with zero attached hydrogens (tertiary/aromatic N) is 3. The van der Waals surface area contributed by atoms with E-state index in [-0.39, 0.29) is 35.4 Å². The first-order chi connectivity index (χ1) is 14.0. The number of benzene rings is 1. The topological polar surface area (TPSA) is 69.2 Å². The molecule has 1 amide bonds. The minimum absolute atomic E-state index is 0. The molecule has 1 saturated heterocycles. The van der Waals surface area contributed by atoms with Crippen LogP contribution in [0.3, 0.4) is 0 Å². The van der Waals surface area contributed by atoms with Gasteiger partial charge in [-0.2, -0.15) is 0 Å². The summed E-state index contributed by atoms with van der Waals surface area (Å²) in [6, 6.07) is 8.19. The summed E-state index contributed by atoms with van der Waals surface area (Å²) < 4.78 is 5.45. The fourth-order valence-corrected chi connectivity index (χ4v) is 3.98. The molecule has 0 radical (unpaired) electrons. The highest BCUT2D eigenvalue weighted by Gasteiger charge is 2.28. The molecule has 0 saturated carbocycles. The lowest BCUT2D eigenvalue weighted by molar-refractivity contribution is -0.118. The van der Waals surface area contributed by atoms with Crippen molar-refractivity contribution >= 4 is 41.5 Å². The molecule has 3 rings (SSSR count). The number of carbonyl (C=O) groups excluding carboxylic acids is 1. The SMILES string of the molecule is CN=C(NCCCC(=O)N1CCc2ccccc21)NCC(C)(C)N1CCOCC1.I. The van der Waals surface area contributed by atoms with Crippen LogP contribution in [0.1, 0.15) is 32.3 Å². The highest BCUT2D eigenvalue weighted by Crippen LogP contribution is 2.27. The number of carbonyl (C=O) groups is 1. The number of ether oxygens (including phenoxy) is 1. The van der Waals surface area contributed by atoms with Gasteiger partial charge in [0.15, 0.2) is 5.96 Å². The fourth-order valence-electron chi connectivity index (χ4n) is 3.98. The van der Waals surface area contributed by atoms with Gasteiger partial charge in [0, 0.05) is 57.4 Å². The lowest BCUT2D eigenvalue weighted by Crippen LogP contribution is -2.56. The van der Waals surface area contributed by atoms with Gasteiger partial charge in [0.2, 0.25) is 5.91 Å². The smallest absolute Gasteiger partial charge is 0.227 e. The maximum atomic E-state index is 12.6. The predicted molar refractivity (Wildman–Crippen MR) is 133 cm³/mol. The Bertz CT molecular complexity index is 719. The number of rotatable bonds is 7. The van der Waals surface area contributed by atoms with E-state index in [4.69, 9.17) is 4.74 Å². The van der Waals surface area contributed by atoms with Gasteiger partial charge in [-0.3, -0.25) is 14.7 Å². The van der Waals surface area contributed by atoms with Crippen molar-refractivity contribution in [2.24, 2.45) is 4.99 Å². The van der Waals surface area contributed by atoms with Gasteiger partial charge < -0.3 is 20.3 Å². The van der Waals surface area contributed by atoms with Gasteiger partial charge in [-0.1, -0.05) is 18.2 Å². The minimum Gasteiger partial charge on any atom is -0.379 e. The number of hydrogen-bond donors (Lipinski definition) is 2. The van der Waals surface area contributed by atoms with Crippen LogP contribution < -0.4 is 15.5 Å². The molecule has 8 heteroatoms. The second-order valence-corrected chi connectivity index (χ2v) is 8.29. The van der Waals surface area contributed by atoms with Crippen molar-refractivity contribution in [2.75, 3.05) is 57.9 Å². The Morgan fingerprint density at radius 1 is 1.17 bits per heavy atom. The molecule has 0 unspecified atom stereocenters. The summed E-state index contributed by atoms with van der Waals surface area (Å²) in [5.74, 6) is 0.985. The summed E-state index contributed by atoms with van der Waals surface area (Å²) in [7, 11) is 1.78. The molecule has 0 aliphatic carbocycles. The molecule has 0 aromatic heterocycles. The second-order valence-electron chi connectivity index (χ2n) is 8.29. The van der Waals surface area contributed by atoms with E-state index in [1.165, 1.54) is 5.56 Å². The molecule has 2 aliphatic heterocycles. The molecule has 2 aliphatic rings. The Balaban J connectivity index is 0.00000320. The van der Waals surface area contributed by atoms with Crippen LogP contribution in [0, 0.1) is 0 Å². The molecular weight excluding hydrogens is 493 g/mol. The quantitative estimate of drug-likeness (QED) is 0.246. The van der Waals surface area contributed by atoms with Crippen molar-refractivity contribution in [1.82, 2.24) is 15.5 Å². The van der Waals surface area contributed by atoms with Crippen LogP contribution in [0.2, 0.25) is 0 Å². The highest BCUT2D eigenvalue weighted by atomic mass is 127. The van der Waals surface area contributed by atoms with Crippen LogP contribution >= 0.6 is 24.0 Å². The van der Waals surface area contributed by atoms with Crippen molar-refractivity contribution < 1.29 is 9.53 Å². The molecule has 0 atom stereocenters. The first kappa shape index (κ1) is 24.9. The van der Waals surface area contributed by atoms with Crippen LogP contribution in [-0.4, -0.2) is 75.3 Å². The number of halogens is 1. The van der Waals surface area contributed by atoms with Crippen LogP contribution in [0.25, 0.3) is 0 Å². The van der Waals surface area contributed by atoms with Gasteiger partial charge in [-0.05, 0) is 38.3 Å². The highest BCUT2D eigenvalue weighted by molar-refractivity contribution is 14.0. The van der Waals surface area contributed by atoms with E-state index in [1.807, 2.05) is 23.1 Å². The van der Waals surface area contributed by atoms with E-state index in [2.05, 4.69) is 40.4 Å². The Hall–Kier alpha value is -1.39. The third kappa shape index (κ3) is 6.55. The molecule has 1 fully saturated rings. The molecule has 2 N–H and O–H groups in total. The first-order valence-electron chi connectivity index (χ1n) is 10.7. The number of anilines is 1. The van der Waals surface area contributed by atoms with Gasteiger partial charge >= 0.3 is 0 Å². The Labute approximate surface area is 197 Å². The molecular formula is C22H36IN5O2. The molecule has 7 nitrogen and oxygen atoms in total. The molecule has 0 bridgehead atoms. The van der Waals surface area contributed by atoms with Crippen molar-refractivity contribution in [3.63, 3.8) is 0 Å². The summed E-state index contributed by atoms with van der Waals surface area (Å²) in [6.07, 6.45) is 2.28. The van der Waals surface area contributed by atoms with E-state index in [9.17, 15) is 4.79 Å². The lowest BCUT2D eigenvalue weighted by Gasteiger charge is -2.41. The van der Waals surface area contributed by atoms with E-state index in [0.29, 0.717) is 6.42 Å². The van der Waals surface area contributed by atoms with Crippen LogP contribution in [0.4, 0.5) is 5.69 Å². The average molecular weight is 529 g/mol. The summed E-state index contributed by atoms with van der Waals surface area (Å²) >= 11 is 0. The third-order valence-electron chi connectivity index (χ3n) is 5.83. The van der Waals surface area contributed by atoms with Gasteiger partial charge in [0.25, 0.3) is 0 Å². The molecule has 1 aromatic rings. The number of morpholine rings is 1. The molecule has 0 spiro atoms. The number of aliphatic imine (C=N–C) groups is 1. The number of amides is 1. The summed E-state index contributed by atoms with van der Waals surface area (Å²) in [5.41, 5.74) is 2.38. The van der Waals surface area contributed by atoms with Crippen LogP contribution in [-0.2, 0) is 16.0 Å². The Morgan fingerprint density at radius 2 is 1.90 bits per heavy atom. The minimum atomic E-state index is 0. The van der Waals surface area contributed by atoms with Crippen molar-refractivity contribution in [1.29, 1.82) is 0 Å². The number of hydrogen-bond acceptors (Lipinski definition) is 4. The normalized spacial score (nSPS) is 17.3. The van der Waals surface area contributed by atoms with Gasteiger partial charge in [-0.15, -0.1) is 24.0 Å². The van der Waals surface area contributed by atoms with Gasteiger partial charge in [0.05, 0.1) is 13.2 Å². The van der Waals surface area contributed by atoms with E-state index < -0.39 is 0 Å². The third-order valence-corrected chi connectivity index (χ3v) is 5.83. The van der Waals surface area contributed by atoms with Gasteiger partial charge in [0.1, 0.15) is 0 Å². The van der Waals surface area contributed by atoms with E-state index in [0.717, 1.165) is 70.4 Å². The summed E-state index contributed by atoms with van der Waals surface area (Å²) in [6.45, 7) is 10.3. The zero-order chi connectivity index (χ0) is 20.7. The number of nitrogens with one attached hydrogen (secondary N) is 2. The van der Waals surface area contributed by atoms with E-state index >= 15 is 0 Å². The second kappa shape index (κ2) is 11.9. The lowest BCUT2D eigenvalue weighted by atomic mass is 10.0. The maximum Gasteiger partial charge on any atom is 0.227 e. The zero-order valence-electron chi connectivity index (χ0n) is 18.4. The monoisotopic (exact) mass is 529 g/mol. The molecule has 30 heavy (non-hydrogen) atoms. The molecule has 168 valence electrons. The zero-order valence-corrected chi connectivity index (χ0v) is 20.8. The predicted octanol–water partition coefficient (Wildman–Crippen LogP) is 2.25. The number of para-hydroxylation sites is 1. The largest absolute Gasteiger partial charge is 0.379 e. The maximum absolute atomic E-state index is 12.6. The number of fused-ring (bicyclic) bond motifs is 1. The standard InChI is InChI=1S/C22H35N5O2.HI/c1-22(2,26-13-15-29-16-14-26)17-25-21(23-3)24-11-6-9-20(28)27-12-10-18-7-4-5-8-19(18)27;/h4-5,7-8H,6,9-17H2,1-3H3,(H2,23,24,25);1H. The van der Waals surface area contributed by atoms with Crippen molar-refractivity contribution in [3.05, 3.63) is 29.8 Å². The molecule has 1 aromatic carbocycles. The Morgan fingerprint density at radius 3 is 2.63 bits per heavy atom. The van der Waals surface area contributed by atoms with Crippen molar-refractivity contribution in [3.8, 4) is 0 Å². The van der Waals surface area contributed by atoms with Crippen molar-refractivity contribution in [2.45, 2.75) is 38.6 Å². The molecule has 2 heterocycles. The Kier molecular flexibility index (Phi) is 9.83. The summed E-state index contributed by atoms with van der Waals surface area (Å²) in [5, 5.41) is 6.76. The average Bonchev–Trinajstić information content (AvgIpc) is 3.18. The van der Waals surface area contributed by atoms with Gasteiger partial charge in [-0.25, -0.2) is 0 Å². The first-order valence-corrected chi connectivity index (χ1v) is 10.7. The van der Waals surface area contributed by atoms with E-state index in [1.54, 1.807) is 7.05 Å². The number of guanidine groups is 1.